The molecule has 0 aliphatic carbocycles. The molecule has 0 fully saturated rings. The average molecular weight is 270 g/mol. The van der Waals surface area contributed by atoms with E-state index >= 15 is 0 Å². The second-order valence-electron chi connectivity index (χ2n) is 3.83. The number of hydrogen-bond donors (Lipinski definition) is 4. The van der Waals surface area contributed by atoms with Gasteiger partial charge in [0.1, 0.15) is 11.5 Å². The molecule has 0 aliphatic rings. The van der Waals surface area contributed by atoms with Crippen LogP contribution < -0.4 is 20.5 Å². The van der Waals surface area contributed by atoms with Crippen LogP contribution in [-0.4, -0.2) is 49.6 Å². The summed E-state index contributed by atoms with van der Waals surface area (Å²) in [6, 6.07) is 2.27. The first-order valence-corrected chi connectivity index (χ1v) is 5.61. The fourth-order valence-electron chi connectivity index (χ4n) is 1.49. The van der Waals surface area contributed by atoms with Crippen LogP contribution in [-0.2, 0) is 0 Å². The maximum absolute atomic E-state index is 12.0. The summed E-state index contributed by atoms with van der Waals surface area (Å²) in [5, 5.41) is 20.3. The number of ether oxygens (including phenoxy) is 2. The highest BCUT2D eigenvalue weighted by atomic mass is 16.5. The number of carbonyl (C=O) groups excluding carboxylic acids is 1. The van der Waals surface area contributed by atoms with Crippen LogP contribution in [0.2, 0.25) is 0 Å². The fraction of sp³-hybridized carbons (Fsp3) is 0.417. The van der Waals surface area contributed by atoms with Gasteiger partial charge < -0.3 is 30.7 Å². The van der Waals surface area contributed by atoms with Crippen LogP contribution in [0.25, 0.3) is 0 Å². The van der Waals surface area contributed by atoms with Crippen LogP contribution in [0.5, 0.6) is 11.5 Å². The Kier molecular flexibility index (Phi) is 5.40. The molecule has 0 aromatic heterocycles. The van der Waals surface area contributed by atoms with Crippen molar-refractivity contribution in [3.63, 3.8) is 0 Å². The number of hydrogen-bond acceptors (Lipinski definition) is 6. The molecule has 1 aromatic carbocycles. The molecule has 0 radical (unpaired) electrons. The number of anilines is 1. The first-order valence-electron chi connectivity index (χ1n) is 5.61. The molecule has 0 unspecified atom stereocenters. The minimum absolute atomic E-state index is 0.156. The zero-order chi connectivity index (χ0) is 14.4. The van der Waals surface area contributed by atoms with Crippen LogP contribution in [0.1, 0.15) is 10.4 Å². The lowest BCUT2D eigenvalue weighted by Gasteiger charge is -2.16. The predicted octanol–water partition coefficient (Wildman–Crippen LogP) is -0.631. The highest BCUT2D eigenvalue weighted by molar-refractivity contribution is 6.01. The van der Waals surface area contributed by atoms with Crippen molar-refractivity contribution < 1.29 is 24.5 Å². The maximum Gasteiger partial charge on any atom is 0.254 e. The standard InChI is InChI=1S/C12H18N2O5/c1-18-8-3-9(11(13)10(4-8)19-2)12(17)14-7(5-15)6-16/h3-4,7,15-16H,5-6,13H2,1-2H3,(H,14,17). The van der Waals surface area contributed by atoms with Crippen molar-refractivity contribution in [3.8, 4) is 11.5 Å². The molecule has 5 N–H and O–H groups in total. The smallest absolute Gasteiger partial charge is 0.254 e. The van der Waals surface area contributed by atoms with Crippen LogP contribution in [0, 0.1) is 0 Å². The highest BCUT2D eigenvalue weighted by Gasteiger charge is 2.18. The van der Waals surface area contributed by atoms with Gasteiger partial charge in [0.2, 0.25) is 0 Å². The number of aliphatic hydroxyl groups is 2. The van der Waals surface area contributed by atoms with E-state index in [2.05, 4.69) is 5.32 Å². The molecule has 19 heavy (non-hydrogen) atoms. The third-order valence-electron chi connectivity index (χ3n) is 2.59. The van der Waals surface area contributed by atoms with Crippen molar-refractivity contribution in [1.82, 2.24) is 5.32 Å². The molecule has 0 atom stereocenters. The summed E-state index contributed by atoms with van der Waals surface area (Å²) in [5.74, 6) is 0.206. The summed E-state index contributed by atoms with van der Waals surface area (Å²) >= 11 is 0. The van der Waals surface area contributed by atoms with Gasteiger partial charge in [0.15, 0.2) is 0 Å². The largest absolute Gasteiger partial charge is 0.497 e. The predicted molar refractivity (Wildman–Crippen MR) is 69.4 cm³/mol. The van der Waals surface area contributed by atoms with Gasteiger partial charge in [-0.15, -0.1) is 0 Å². The number of nitrogen functional groups attached to an aromatic ring is 1. The molecule has 1 rings (SSSR count). The van der Waals surface area contributed by atoms with E-state index in [0.29, 0.717) is 11.5 Å². The van der Waals surface area contributed by atoms with Crippen molar-refractivity contribution in [2.24, 2.45) is 0 Å². The van der Waals surface area contributed by atoms with E-state index in [1.165, 1.54) is 20.3 Å². The number of aliphatic hydroxyl groups excluding tert-OH is 2. The minimum Gasteiger partial charge on any atom is -0.497 e. The second kappa shape index (κ2) is 6.81. The molecular weight excluding hydrogens is 252 g/mol. The van der Waals surface area contributed by atoms with Crippen molar-refractivity contribution in [1.29, 1.82) is 0 Å². The topological polar surface area (TPSA) is 114 Å². The number of carbonyl (C=O) groups is 1. The lowest BCUT2D eigenvalue weighted by atomic mass is 10.1. The van der Waals surface area contributed by atoms with E-state index in [1.54, 1.807) is 6.07 Å². The van der Waals surface area contributed by atoms with Crippen molar-refractivity contribution in [2.45, 2.75) is 6.04 Å². The Balaban J connectivity index is 3.07. The molecule has 106 valence electrons. The number of benzene rings is 1. The van der Waals surface area contributed by atoms with E-state index < -0.39 is 11.9 Å². The first kappa shape index (κ1) is 15.1. The third kappa shape index (κ3) is 3.49. The van der Waals surface area contributed by atoms with Gasteiger partial charge in [-0.2, -0.15) is 0 Å². The van der Waals surface area contributed by atoms with Crippen LogP contribution in [0.15, 0.2) is 12.1 Å². The van der Waals surface area contributed by atoms with Crippen molar-refractivity contribution in [2.75, 3.05) is 33.2 Å². The van der Waals surface area contributed by atoms with Crippen LogP contribution >= 0.6 is 0 Å². The number of amides is 1. The monoisotopic (exact) mass is 270 g/mol. The van der Waals surface area contributed by atoms with Gasteiger partial charge in [-0.3, -0.25) is 4.79 Å². The molecular formula is C12H18N2O5. The quantitative estimate of drug-likeness (QED) is 0.512. The van der Waals surface area contributed by atoms with Gasteiger partial charge >= 0.3 is 0 Å². The summed E-state index contributed by atoms with van der Waals surface area (Å²) in [5.41, 5.74) is 6.13. The van der Waals surface area contributed by atoms with E-state index in [4.69, 9.17) is 25.4 Å². The van der Waals surface area contributed by atoms with Gasteiger partial charge in [0.05, 0.1) is 44.7 Å². The SMILES string of the molecule is COc1cc(OC)c(N)c(C(=O)NC(CO)CO)c1. The zero-order valence-electron chi connectivity index (χ0n) is 10.8. The van der Waals surface area contributed by atoms with Crippen LogP contribution in [0.3, 0.4) is 0 Å². The van der Waals surface area contributed by atoms with Gasteiger partial charge in [0.25, 0.3) is 5.91 Å². The van der Waals surface area contributed by atoms with E-state index in [9.17, 15) is 4.79 Å². The molecule has 0 spiro atoms. The first-order chi connectivity index (χ1) is 9.07. The fourth-order valence-corrected chi connectivity index (χ4v) is 1.49. The molecule has 1 amide bonds. The van der Waals surface area contributed by atoms with Crippen LogP contribution in [0.4, 0.5) is 5.69 Å². The Morgan fingerprint density at radius 2 is 1.95 bits per heavy atom. The Labute approximate surface area is 110 Å². The Hall–Kier alpha value is -1.99. The highest BCUT2D eigenvalue weighted by Crippen LogP contribution is 2.30. The van der Waals surface area contributed by atoms with E-state index in [1.807, 2.05) is 0 Å². The summed E-state index contributed by atoms with van der Waals surface area (Å²) in [6.07, 6.45) is 0. The second-order valence-corrected chi connectivity index (χ2v) is 3.83. The third-order valence-corrected chi connectivity index (χ3v) is 2.59. The molecule has 1 aromatic rings. The lowest BCUT2D eigenvalue weighted by molar-refractivity contribution is 0.0879. The Morgan fingerprint density at radius 3 is 2.42 bits per heavy atom. The number of nitrogens with one attached hydrogen (secondary N) is 1. The Morgan fingerprint density at radius 1 is 1.32 bits per heavy atom. The summed E-state index contributed by atoms with van der Waals surface area (Å²) in [6.45, 7) is -0.744. The number of rotatable bonds is 6. The Bertz CT molecular complexity index is 446. The van der Waals surface area contributed by atoms with Crippen molar-refractivity contribution in [3.05, 3.63) is 17.7 Å². The van der Waals surface area contributed by atoms with Gasteiger partial charge in [0, 0.05) is 6.07 Å². The van der Waals surface area contributed by atoms with Gasteiger partial charge in [-0.25, -0.2) is 0 Å². The van der Waals surface area contributed by atoms with E-state index in [0.717, 1.165) is 0 Å². The molecule has 0 aliphatic heterocycles. The van der Waals surface area contributed by atoms with Crippen molar-refractivity contribution >= 4 is 11.6 Å². The average Bonchev–Trinajstić information content (AvgIpc) is 2.44. The molecule has 0 saturated heterocycles. The summed E-state index contributed by atoms with van der Waals surface area (Å²) in [7, 11) is 2.88. The summed E-state index contributed by atoms with van der Waals surface area (Å²) in [4.78, 5) is 12.0. The number of methoxy groups -OCH3 is 2. The lowest BCUT2D eigenvalue weighted by Crippen LogP contribution is -2.40. The maximum atomic E-state index is 12.0. The van der Waals surface area contributed by atoms with E-state index in [-0.39, 0.29) is 24.5 Å². The molecule has 0 heterocycles. The molecule has 7 nitrogen and oxygen atoms in total. The molecule has 0 bridgehead atoms. The van der Waals surface area contributed by atoms with Gasteiger partial charge in [-0.1, -0.05) is 0 Å². The number of nitrogens with two attached hydrogens (primary N) is 1. The molecule has 7 heteroatoms. The molecule has 0 saturated carbocycles. The zero-order valence-corrected chi connectivity index (χ0v) is 10.8. The normalized spacial score (nSPS) is 10.4. The summed E-state index contributed by atoms with van der Waals surface area (Å²) < 4.78 is 10.1. The van der Waals surface area contributed by atoms with Gasteiger partial charge in [-0.05, 0) is 6.07 Å². The minimum atomic E-state index is -0.746.